The number of anilines is 2. The van der Waals surface area contributed by atoms with Crippen LogP contribution in [0.1, 0.15) is 33.0 Å². The lowest BCUT2D eigenvalue weighted by Crippen LogP contribution is -2.40. The minimum absolute atomic E-state index is 0.0318. The van der Waals surface area contributed by atoms with Crippen LogP contribution in [-0.4, -0.2) is 32.1 Å². The minimum atomic E-state index is -0.986. The Morgan fingerprint density at radius 3 is 2.15 bits per heavy atom. The van der Waals surface area contributed by atoms with Gasteiger partial charge in [-0.05, 0) is 60.9 Å². The molecule has 9 nitrogen and oxygen atoms in total. The van der Waals surface area contributed by atoms with Gasteiger partial charge in [0.15, 0.2) is 0 Å². The van der Waals surface area contributed by atoms with Crippen LogP contribution in [0.4, 0.5) is 11.4 Å². The molecule has 1 aliphatic rings. The van der Waals surface area contributed by atoms with E-state index in [0.29, 0.717) is 11.3 Å². The van der Waals surface area contributed by atoms with E-state index in [4.69, 9.17) is 15.2 Å². The van der Waals surface area contributed by atoms with Gasteiger partial charge in [0, 0.05) is 16.9 Å². The molecule has 1 aliphatic heterocycles. The molecule has 202 valence electrons. The molecule has 0 saturated carbocycles. The number of rotatable bonds is 6. The highest BCUT2D eigenvalue weighted by molar-refractivity contribution is 6.08. The number of carbonyl (C=O) groups excluding carboxylic acids is 3. The van der Waals surface area contributed by atoms with Gasteiger partial charge in [-0.2, -0.15) is 5.26 Å². The topological polar surface area (TPSA) is 135 Å². The average Bonchev–Trinajstić information content (AvgIpc) is 2.95. The van der Waals surface area contributed by atoms with E-state index in [1.807, 2.05) is 32.0 Å². The van der Waals surface area contributed by atoms with Gasteiger partial charge in [0.25, 0.3) is 5.91 Å². The highest BCUT2D eigenvalue weighted by Crippen LogP contribution is 2.43. The zero-order valence-electron chi connectivity index (χ0n) is 22.5. The Morgan fingerprint density at radius 2 is 1.55 bits per heavy atom. The van der Waals surface area contributed by atoms with Crippen molar-refractivity contribution in [2.24, 2.45) is 5.73 Å². The Morgan fingerprint density at radius 1 is 0.900 bits per heavy atom. The van der Waals surface area contributed by atoms with Gasteiger partial charge in [0.1, 0.15) is 11.5 Å². The first kappa shape index (κ1) is 27.7. The number of nitrogens with zero attached hydrogens (tertiary/aromatic N) is 2. The Balaban J connectivity index is 1.89. The van der Waals surface area contributed by atoms with E-state index in [1.54, 1.807) is 48.5 Å². The molecule has 40 heavy (non-hydrogen) atoms. The van der Waals surface area contributed by atoms with Crippen molar-refractivity contribution in [2.75, 3.05) is 24.4 Å². The Hall–Kier alpha value is -5.36. The van der Waals surface area contributed by atoms with Gasteiger partial charge < -0.3 is 20.5 Å². The van der Waals surface area contributed by atoms with Crippen molar-refractivity contribution in [3.63, 3.8) is 0 Å². The predicted octanol–water partition coefficient (Wildman–Crippen LogP) is 4.45. The maximum absolute atomic E-state index is 13.3. The average molecular weight is 537 g/mol. The summed E-state index contributed by atoms with van der Waals surface area (Å²) in [6, 6.07) is 22.9. The number of aryl methyl sites for hydroxylation is 2. The van der Waals surface area contributed by atoms with Gasteiger partial charge >= 0.3 is 11.9 Å². The number of hydrogen-bond acceptors (Lipinski definition) is 8. The second-order valence-corrected chi connectivity index (χ2v) is 9.22. The third-order valence-corrected chi connectivity index (χ3v) is 6.46. The number of nitrogens with two attached hydrogens (primary N) is 1. The zero-order chi connectivity index (χ0) is 29.0. The summed E-state index contributed by atoms with van der Waals surface area (Å²) >= 11 is 0. The van der Waals surface area contributed by atoms with Crippen LogP contribution in [0.3, 0.4) is 0 Å². The van der Waals surface area contributed by atoms with Crippen molar-refractivity contribution in [1.82, 2.24) is 0 Å². The first-order valence-electron chi connectivity index (χ1n) is 12.4. The number of hydrogen-bond donors (Lipinski definition) is 2. The number of benzene rings is 3. The highest BCUT2D eigenvalue weighted by Gasteiger charge is 2.43. The number of methoxy groups -OCH3 is 2. The lowest BCUT2D eigenvalue weighted by molar-refractivity contribution is -0.139. The molecule has 0 fully saturated rings. The molecule has 1 unspecified atom stereocenters. The van der Waals surface area contributed by atoms with Crippen LogP contribution in [-0.2, 0) is 19.1 Å². The molecular formula is C31H28N4O5. The maximum Gasteiger partial charge on any atom is 0.355 e. The lowest BCUT2D eigenvalue weighted by Gasteiger charge is -2.36. The van der Waals surface area contributed by atoms with Crippen LogP contribution in [0.2, 0.25) is 0 Å². The summed E-state index contributed by atoms with van der Waals surface area (Å²) in [5.74, 6) is -3.17. The van der Waals surface area contributed by atoms with E-state index in [2.05, 4.69) is 11.4 Å². The van der Waals surface area contributed by atoms with Crippen molar-refractivity contribution in [1.29, 1.82) is 5.26 Å². The minimum Gasteiger partial charge on any atom is -0.466 e. The monoisotopic (exact) mass is 536 g/mol. The molecule has 0 bridgehead atoms. The second kappa shape index (κ2) is 11.6. The van der Waals surface area contributed by atoms with E-state index in [1.165, 1.54) is 25.2 Å². The normalized spacial score (nSPS) is 14.9. The molecule has 0 radical (unpaired) electrons. The number of nitriles is 1. The SMILES string of the molecule is COC(=O)C1=C(C(=O)OC)N(c2cccc(C(=O)Nc3cc(C)cc(C)c3)c2)C(N)=C(C#N)C1c1ccccc1. The summed E-state index contributed by atoms with van der Waals surface area (Å²) < 4.78 is 10.1. The molecule has 4 rings (SSSR count). The number of amides is 1. The van der Waals surface area contributed by atoms with E-state index in [-0.39, 0.29) is 33.9 Å². The van der Waals surface area contributed by atoms with Crippen LogP contribution in [0.15, 0.2) is 95.5 Å². The van der Waals surface area contributed by atoms with Crippen LogP contribution < -0.4 is 16.0 Å². The fourth-order valence-corrected chi connectivity index (χ4v) is 4.82. The first-order valence-corrected chi connectivity index (χ1v) is 12.4. The molecule has 9 heteroatoms. The van der Waals surface area contributed by atoms with Crippen molar-refractivity contribution in [2.45, 2.75) is 19.8 Å². The van der Waals surface area contributed by atoms with Crippen LogP contribution in [0.25, 0.3) is 0 Å². The predicted molar refractivity (Wildman–Crippen MR) is 150 cm³/mol. The molecule has 1 atom stereocenters. The third kappa shape index (κ3) is 5.28. The number of allylic oxidation sites excluding steroid dienone is 1. The molecule has 0 saturated heterocycles. The molecule has 0 aliphatic carbocycles. The summed E-state index contributed by atoms with van der Waals surface area (Å²) in [6.07, 6.45) is 0. The van der Waals surface area contributed by atoms with Crippen molar-refractivity contribution in [3.8, 4) is 6.07 Å². The van der Waals surface area contributed by atoms with Gasteiger partial charge in [0.05, 0.1) is 37.4 Å². The summed E-state index contributed by atoms with van der Waals surface area (Å²) in [6.45, 7) is 3.87. The van der Waals surface area contributed by atoms with Crippen molar-refractivity contribution in [3.05, 3.63) is 118 Å². The summed E-state index contributed by atoms with van der Waals surface area (Å²) in [7, 11) is 2.36. The molecule has 0 aromatic heterocycles. The zero-order valence-corrected chi connectivity index (χ0v) is 22.5. The maximum atomic E-state index is 13.3. The van der Waals surface area contributed by atoms with Gasteiger partial charge in [-0.15, -0.1) is 0 Å². The van der Waals surface area contributed by atoms with E-state index < -0.39 is 23.8 Å². The fourth-order valence-electron chi connectivity index (χ4n) is 4.82. The van der Waals surface area contributed by atoms with E-state index in [0.717, 1.165) is 11.1 Å². The molecule has 3 aromatic carbocycles. The largest absolute Gasteiger partial charge is 0.466 e. The van der Waals surface area contributed by atoms with Gasteiger partial charge in [-0.3, -0.25) is 9.69 Å². The van der Waals surface area contributed by atoms with Crippen molar-refractivity contribution < 1.29 is 23.9 Å². The Labute approximate surface area is 232 Å². The van der Waals surface area contributed by atoms with E-state index in [9.17, 15) is 19.6 Å². The molecule has 1 heterocycles. The Bertz CT molecular complexity index is 1580. The summed E-state index contributed by atoms with van der Waals surface area (Å²) in [4.78, 5) is 40.9. The Kier molecular flexibility index (Phi) is 8.01. The first-order chi connectivity index (χ1) is 19.2. The van der Waals surface area contributed by atoms with Gasteiger partial charge in [0.2, 0.25) is 0 Å². The molecule has 3 N–H and O–H groups in total. The van der Waals surface area contributed by atoms with Crippen LogP contribution in [0.5, 0.6) is 0 Å². The number of nitrogens with one attached hydrogen (secondary N) is 1. The van der Waals surface area contributed by atoms with Crippen LogP contribution >= 0.6 is 0 Å². The summed E-state index contributed by atoms with van der Waals surface area (Å²) in [5, 5.41) is 13.1. The van der Waals surface area contributed by atoms with Gasteiger partial charge in [-0.1, -0.05) is 42.5 Å². The molecule has 1 amide bonds. The second-order valence-electron chi connectivity index (χ2n) is 9.22. The quantitative estimate of drug-likeness (QED) is 0.441. The standard InChI is InChI=1S/C31H28N4O5/c1-18-13-19(2)15-22(14-18)34-29(36)21-11-8-12-23(16-21)35-27(31(38)40-4)26(30(37)39-3)25(24(17-32)28(35)33)20-9-6-5-7-10-20/h5-16,25H,33H2,1-4H3,(H,34,36). The third-order valence-electron chi connectivity index (χ3n) is 6.46. The van der Waals surface area contributed by atoms with Crippen LogP contribution in [0, 0.1) is 25.2 Å². The number of carbonyl (C=O) groups is 3. The molecule has 3 aromatic rings. The number of esters is 2. The van der Waals surface area contributed by atoms with E-state index >= 15 is 0 Å². The highest BCUT2D eigenvalue weighted by atomic mass is 16.5. The number of ether oxygens (including phenoxy) is 2. The molecular weight excluding hydrogens is 508 g/mol. The van der Waals surface area contributed by atoms with Gasteiger partial charge in [-0.25, -0.2) is 9.59 Å². The smallest absolute Gasteiger partial charge is 0.355 e. The summed E-state index contributed by atoms with van der Waals surface area (Å²) in [5.41, 5.74) is 9.97. The molecule has 0 spiro atoms. The fraction of sp³-hybridized carbons (Fsp3) is 0.161. The lowest BCUT2D eigenvalue weighted by atomic mass is 9.81. The van der Waals surface area contributed by atoms with Crippen molar-refractivity contribution >= 4 is 29.2 Å².